The van der Waals surface area contributed by atoms with Crippen LogP contribution < -0.4 is 10.1 Å². The summed E-state index contributed by atoms with van der Waals surface area (Å²) in [7, 11) is 1.50. The summed E-state index contributed by atoms with van der Waals surface area (Å²) in [5.41, 5.74) is -0.0683. The van der Waals surface area contributed by atoms with Crippen LogP contribution in [0.15, 0.2) is 24.3 Å². The number of halogens is 2. The molecular weight excluding hydrogens is 200 g/mol. The van der Waals surface area contributed by atoms with Crippen LogP contribution in [0, 0.1) is 0 Å². The molecule has 4 heteroatoms. The highest BCUT2D eigenvalue weighted by atomic mass is 19.3. The number of nitrogens with one attached hydrogen (secondary N) is 1. The second-order valence-electron chi connectivity index (χ2n) is 3.16. The van der Waals surface area contributed by atoms with Crippen molar-refractivity contribution in [1.82, 2.24) is 5.32 Å². The third-order valence-electron chi connectivity index (χ3n) is 1.98. The van der Waals surface area contributed by atoms with Crippen LogP contribution in [0.5, 0.6) is 5.75 Å². The van der Waals surface area contributed by atoms with Gasteiger partial charge in [-0.05, 0) is 26.1 Å². The average Bonchev–Trinajstić information content (AvgIpc) is 2.19. The molecule has 84 valence electrons. The Labute approximate surface area is 88.3 Å². The molecule has 2 nitrogen and oxygen atoms in total. The Kier molecular flexibility index (Phi) is 4.03. The van der Waals surface area contributed by atoms with E-state index in [1.807, 2.05) is 0 Å². The molecule has 0 saturated carbocycles. The second-order valence-corrected chi connectivity index (χ2v) is 3.16. The topological polar surface area (TPSA) is 21.3 Å². The minimum Gasteiger partial charge on any atom is -0.493 e. The van der Waals surface area contributed by atoms with Crippen molar-refractivity contribution in [3.05, 3.63) is 29.8 Å². The number of benzene rings is 1. The van der Waals surface area contributed by atoms with E-state index in [4.69, 9.17) is 4.74 Å². The number of hydrogen-bond acceptors (Lipinski definition) is 2. The Balaban J connectivity index is 3.00. The van der Waals surface area contributed by atoms with Crippen molar-refractivity contribution in [2.24, 2.45) is 0 Å². The molecule has 1 aromatic carbocycles. The van der Waals surface area contributed by atoms with E-state index in [-0.39, 0.29) is 11.3 Å². The lowest BCUT2D eigenvalue weighted by Gasteiger charge is -2.19. The molecule has 0 amide bonds. The van der Waals surface area contributed by atoms with Gasteiger partial charge < -0.3 is 10.1 Å². The highest BCUT2D eigenvalue weighted by Gasteiger charge is 2.33. The molecule has 0 bridgehead atoms. The molecule has 0 atom stereocenters. The van der Waals surface area contributed by atoms with Crippen LogP contribution in [0.3, 0.4) is 0 Å². The zero-order chi connectivity index (χ0) is 11.3. The summed E-state index contributed by atoms with van der Waals surface area (Å²) in [5.74, 6) is -2.65. The fourth-order valence-corrected chi connectivity index (χ4v) is 1.37. The van der Waals surface area contributed by atoms with Gasteiger partial charge in [0.1, 0.15) is 5.75 Å². The summed E-state index contributed by atoms with van der Waals surface area (Å²) in [6.45, 7) is 1.76. The molecule has 0 saturated heterocycles. The molecule has 1 N–H and O–H groups in total. The SMILES string of the molecule is CCOc1ccccc1C(F)(F)CNC. The highest BCUT2D eigenvalue weighted by Crippen LogP contribution is 2.34. The molecule has 0 unspecified atom stereocenters. The molecule has 1 rings (SSSR count). The van der Waals surface area contributed by atoms with Crippen LogP contribution >= 0.6 is 0 Å². The Morgan fingerprint density at radius 1 is 1.33 bits per heavy atom. The van der Waals surface area contributed by atoms with Gasteiger partial charge in [0.25, 0.3) is 5.92 Å². The van der Waals surface area contributed by atoms with Crippen LogP contribution in [0.2, 0.25) is 0 Å². The lowest BCUT2D eigenvalue weighted by atomic mass is 10.1. The van der Waals surface area contributed by atoms with E-state index in [9.17, 15) is 8.78 Å². The Bertz CT molecular complexity index is 315. The maximum Gasteiger partial charge on any atom is 0.288 e. The fraction of sp³-hybridized carbons (Fsp3) is 0.455. The Morgan fingerprint density at radius 3 is 2.60 bits per heavy atom. The van der Waals surface area contributed by atoms with Crippen LogP contribution in [-0.2, 0) is 5.92 Å². The highest BCUT2D eigenvalue weighted by molar-refractivity contribution is 5.36. The molecule has 0 radical (unpaired) electrons. The molecule has 0 fully saturated rings. The van der Waals surface area contributed by atoms with Crippen molar-refractivity contribution in [3.8, 4) is 5.75 Å². The Morgan fingerprint density at radius 2 is 2.00 bits per heavy atom. The number of rotatable bonds is 5. The molecule has 0 aromatic heterocycles. The van der Waals surface area contributed by atoms with E-state index in [0.717, 1.165) is 0 Å². The van der Waals surface area contributed by atoms with Crippen molar-refractivity contribution in [2.45, 2.75) is 12.8 Å². The minimum atomic E-state index is -2.90. The van der Waals surface area contributed by atoms with Gasteiger partial charge in [0.2, 0.25) is 0 Å². The third-order valence-corrected chi connectivity index (χ3v) is 1.98. The van der Waals surface area contributed by atoms with Gasteiger partial charge in [0, 0.05) is 0 Å². The number of likely N-dealkylation sites (N-methyl/N-ethyl adjacent to an activating group) is 1. The normalized spacial score (nSPS) is 11.5. The van der Waals surface area contributed by atoms with Crippen LogP contribution in [0.25, 0.3) is 0 Å². The zero-order valence-corrected chi connectivity index (χ0v) is 8.89. The van der Waals surface area contributed by atoms with E-state index in [1.165, 1.54) is 13.1 Å². The third kappa shape index (κ3) is 2.89. The first-order chi connectivity index (χ1) is 7.11. The first-order valence-corrected chi connectivity index (χ1v) is 4.86. The van der Waals surface area contributed by atoms with Crippen molar-refractivity contribution in [1.29, 1.82) is 0 Å². The first-order valence-electron chi connectivity index (χ1n) is 4.86. The van der Waals surface area contributed by atoms with Gasteiger partial charge in [0.15, 0.2) is 0 Å². The number of para-hydroxylation sites is 1. The molecule has 0 aliphatic heterocycles. The zero-order valence-electron chi connectivity index (χ0n) is 8.89. The molecule has 0 heterocycles. The van der Waals surface area contributed by atoms with Crippen molar-refractivity contribution in [3.63, 3.8) is 0 Å². The number of hydrogen-bond donors (Lipinski definition) is 1. The van der Waals surface area contributed by atoms with Gasteiger partial charge in [-0.1, -0.05) is 12.1 Å². The Hall–Kier alpha value is -1.16. The number of ether oxygens (including phenoxy) is 1. The second kappa shape index (κ2) is 5.07. The van der Waals surface area contributed by atoms with E-state index in [0.29, 0.717) is 6.61 Å². The number of alkyl halides is 2. The average molecular weight is 215 g/mol. The summed E-state index contributed by atoms with van der Waals surface area (Å²) >= 11 is 0. The standard InChI is InChI=1S/C11H15F2NO/c1-3-15-10-7-5-4-6-9(10)11(12,13)8-14-2/h4-7,14H,3,8H2,1-2H3. The lowest BCUT2D eigenvalue weighted by molar-refractivity contribution is -0.00380. The predicted octanol–water partition coefficient (Wildman–Crippen LogP) is 2.40. The van der Waals surface area contributed by atoms with E-state index in [2.05, 4.69) is 5.32 Å². The maximum atomic E-state index is 13.6. The smallest absolute Gasteiger partial charge is 0.288 e. The van der Waals surface area contributed by atoms with E-state index >= 15 is 0 Å². The van der Waals surface area contributed by atoms with E-state index < -0.39 is 12.5 Å². The summed E-state index contributed by atoms with van der Waals surface area (Å²) in [5, 5.41) is 2.47. The van der Waals surface area contributed by atoms with Crippen LogP contribution in [-0.4, -0.2) is 20.2 Å². The summed E-state index contributed by atoms with van der Waals surface area (Å²) in [6, 6.07) is 6.22. The van der Waals surface area contributed by atoms with Gasteiger partial charge in [-0.2, -0.15) is 8.78 Å². The quantitative estimate of drug-likeness (QED) is 0.814. The molecular formula is C11H15F2NO. The van der Waals surface area contributed by atoms with Crippen molar-refractivity contribution < 1.29 is 13.5 Å². The monoisotopic (exact) mass is 215 g/mol. The van der Waals surface area contributed by atoms with Crippen LogP contribution in [0.4, 0.5) is 8.78 Å². The first kappa shape index (κ1) is 11.9. The van der Waals surface area contributed by atoms with Crippen molar-refractivity contribution in [2.75, 3.05) is 20.2 Å². The van der Waals surface area contributed by atoms with E-state index in [1.54, 1.807) is 25.1 Å². The summed E-state index contributed by atoms with van der Waals surface area (Å²) in [4.78, 5) is 0. The van der Waals surface area contributed by atoms with Gasteiger partial charge >= 0.3 is 0 Å². The molecule has 1 aromatic rings. The minimum absolute atomic E-state index is 0.0683. The molecule has 0 aliphatic carbocycles. The molecule has 0 spiro atoms. The van der Waals surface area contributed by atoms with Crippen LogP contribution in [0.1, 0.15) is 12.5 Å². The van der Waals surface area contributed by atoms with Gasteiger partial charge in [-0.15, -0.1) is 0 Å². The fourth-order valence-electron chi connectivity index (χ4n) is 1.37. The lowest BCUT2D eigenvalue weighted by Crippen LogP contribution is -2.28. The summed E-state index contributed by atoms with van der Waals surface area (Å²) in [6.07, 6.45) is 0. The van der Waals surface area contributed by atoms with Crippen molar-refractivity contribution >= 4 is 0 Å². The van der Waals surface area contributed by atoms with Gasteiger partial charge in [-0.25, -0.2) is 0 Å². The maximum absolute atomic E-state index is 13.6. The summed E-state index contributed by atoms with van der Waals surface area (Å²) < 4.78 is 32.4. The molecule has 0 aliphatic rings. The largest absolute Gasteiger partial charge is 0.493 e. The van der Waals surface area contributed by atoms with Gasteiger partial charge in [0.05, 0.1) is 18.7 Å². The van der Waals surface area contributed by atoms with Gasteiger partial charge in [-0.3, -0.25) is 0 Å². The predicted molar refractivity (Wildman–Crippen MR) is 55.4 cm³/mol. The molecule has 15 heavy (non-hydrogen) atoms.